The van der Waals surface area contributed by atoms with E-state index in [-0.39, 0.29) is 0 Å². The van der Waals surface area contributed by atoms with E-state index in [1.807, 2.05) is 0 Å². The van der Waals surface area contributed by atoms with Gasteiger partial charge in [0, 0.05) is 17.3 Å². The van der Waals surface area contributed by atoms with Crippen molar-refractivity contribution in [3.8, 4) is 5.75 Å². The van der Waals surface area contributed by atoms with E-state index in [9.17, 15) is 26.7 Å². The van der Waals surface area contributed by atoms with Gasteiger partial charge < -0.3 is 9.84 Å². The number of hydrogen-bond donors (Lipinski definition) is 1. The normalized spacial score (nSPS) is 11.8. The van der Waals surface area contributed by atoms with E-state index in [0.29, 0.717) is 6.20 Å². The van der Waals surface area contributed by atoms with Crippen LogP contribution in [0, 0.1) is 0 Å². The van der Waals surface area contributed by atoms with Crippen LogP contribution in [-0.2, 0) is 17.1 Å². The van der Waals surface area contributed by atoms with Crippen molar-refractivity contribution in [3.05, 3.63) is 23.0 Å². The molecule has 0 spiro atoms. The molecule has 0 fully saturated rings. The molecule has 1 rings (SSSR count). The Morgan fingerprint density at radius 1 is 1.45 bits per heavy atom. The van der Waals surface area contributed by atoms with Gasteiger partial charge in [-0.3, -0.25) is 9.78 Å². The zero-order valence-corrected chi connectivity index (χ0v) is 10.3. The first-order valence-corrected chi connectivity index (χ1v) is 5.51. The predicted molar refractivity (Wildman–Crippen MR) is 56.8 cm³/mol. The third-order valence-electron chi connectivity index (χ3n) is 2.15. The monoisotopic (exact) mass is 319 g/mol. The molecule has 4 nitrogen and oxygen atoms in total. The fourth-order valence-corrected chi connectivity index (χ4v) is 1.70. The second kappa shape index (κ2) is 6.21. The highest BCUT2D eigenvalue weighted by atomic mass is 35.5. The summed E-state index contributed by atoms with van der Waals surface area (Å²) in [5.41, 5.74) is -2.10. The van der Waals surface area contributed by atoms with Crippen molar-refractivity contribution in [2.24, 2.45) is 0 Å². The standard InChI is InChI=1S/C10H7ClF5NO3/c11-2-4-5(9(12)13)3-17-6(1-7(18)19)8(4)20-10(14,15)16/h3,9H,1-2H2,(H,18,19). The number of carboxylic acid groups (broad SMARTS) is 1. The molecule has 1 aromatic heterocycles. The Morgan fingerprint density at radius 3 is 2.45 bits per heavy atom. The molecule has 0 aliphatic carbocycles. The molecule has 0 saturated carbocycles. The van der Waals surface area contributed by atoms with Crippen molar-refractivity contribution in [1.29, 1.82) is 0 Å². The summed E-state index contributed by atoms with van der Waals surface area (Å²) in [6.07, 6.45) is -8.63. The molecule has 1 heterocycles. The highest BCUT2D eigenvalue weighted by Gasteiger charge is 2.35. The van der Waals surface area contributed by atoms with Gasteiger partial charge in [0.25, 0.3) is 6.43 Å². The Morgan fingerprint density at radius 2 is 2.05 bits per heavy atom. The smallest absolute Gasteiger partial charge is 0.481 e. The van der Waals surface area contributed by atoms with Gasteiger partial charge in [-0.15, -0.1) is 24.8 Å². The summed E-state index contributed by atoms with van der Waals surface area (Å²) < 4.78 is 65.8. The second-order valence-corrected chi connectivity index (χ2v) is 3.79. The van der Waals surface area contributed by atoms with Crippen LogP contribution in [0.4, 0.5) is 22.0 Å². The van der Waals surface area contributed by atoms with Gasteiger partial charge in [-0.25, -0.2) is 8.78 Å². The molecule has 0 amide bonds. The Bertz CT molecular complexity index is 506. The van der Waals surface area contributed by atoms with Crippen molar-refractivity contribution in [2.75, 3.05) is 0 Å². The summed E-state index contributed by atoms with van der Waals surface area (Å²) in [5.74, 6) is -3.29. The average molecular weight is 320 g/mol. The lowest BCUT2D eigenvalue weighted by Crippen LogP contribution is -2.21. The van der Waals surface area contributed by atoms with Gasteiger partial charge in [0.1, 0.15) is 0 Å². The number of aromatic nitrogens is 1. The van der Waals surface area contributed by atoms with E-state index in [2.05, 4.69) is 9.72 Å². The SMILES string of the molecule is O=C(O)Cc1ncc(C(F)F)c(CCl)c1OC(F)(F)F. The summed E-state index contributed by atoms with van der Waals surface area (Å²) in [6.45, 7) is 0. The fourth-order valence-electron chi connectivity index (χ4n) is 1.42. The lowest BCUT2D eigenvalue weighted by atomic mass is 10.1. The summed E-state index contributed by atoms with van der Waals surface area (Å²) in [5, 5.41) is 8.57. The molecule has 0 saturated heterocycles. The Kier molecular flexibility index (Phi) is 5.09. The molecule has 0 radical (unpaired) electrons. The number of hydrogen-bond acceptors (Lipinski definition) is 3. The van der Waals surface area contributed by atoms with Crippen LogP contribution in [0.15, 0.2) is 6.20 Å². The quantitative estimate of drug-likeness (QED) is 0.668. The van der Waals surface area contributed by atoms with E-state index in [4.69, 9.17) is 16.7 Å². The number of aliphatic carboxylic acids is 1. The zero-order valence-electron chi connectivity index (χ0n) is 9.55. The molecule has 0 bridgehead atoms. The van der Waals surface area contributed by atoms with Gasteiger partial charge in [0.2, 0.25) is 0 Å². The molecular weight excluding hydrogens is 313 g/mol. The molecule has 0 aliphatic rings. The number of nitrogens with zero attached hydrogens (tertiary/aromatic N) is 1. The maximum absolute atomic E-state index is 12.7. The number of rotatable bonds is 5. The minimum absolute atomic E-state index is 0.587. The van der Waals surface area contributed by atoms with E-state index >= 15 is 0 Å². The average Bonchev–Trinajstić information content (AvgIpc) is 2.28. The van der Waals surface area contributed by atoms with Crippen LogP contribution >= 0.6 is 11.6 Å². The first-order valence-electron chi connectivity index (χ1n) is 4.98. The molecule has 112 valence electrons. The highest BCUT2D eigenvalue weighted by Crippen LogP contribution is 2.36. The maximum Gasteiger partial charge on any atom is 0.573 e. The van der Waals surface area contributed by atoms with Crippen molar-refractivity contribution in [2.45, 2.75) is 25.1 Å². The van der Waals surface area contributed by atoms with Crippen molar-refractivity contribution >= 4 is 17.6 Å². The number of pyridine rings is 1. The minimum atomic E-state index is -5.18. The van der Waals surface area contributed by atoms with Crippen molar-refractivity contribution in [1.82, 2.24) is 4.98 Å². The zero-order chi connectivity index (χ0) is 15.5. The van der Waals surface area contributed by atoms with Gasteiger partial charge in [0.05, 0.1) is 18.0 Å². The van der Waals surface area contributed by atoms with Crippen molar-refractivity contribution in [3.63, 3.8) is 0 Å². The van der Waals surface area contributed by atoms with Crippen LogP contribution in [0.2, 0.25) is 0 Å². The third kappa shape index (κ3) is 4.19. The molecule has 20 heavy (non-hydrogen) atoms. The number of ether oxygens (including phenoxy) is 1. The number of halogens is 6. The fraction of sp³-hybridized carbons (Fsp3) is 0.400. The first kappa shape index (κ1) is 16.4. The molecule has 0 atom stereocenters. The van der Waals surface area contributed by atoms with E-state index in [1.165, 1.54) is 0 Å². The highest BCUT2D eigenvalue weighted by molar-refractivity contribution is 6.17. The van der Waals surface area contributed by atoms with Crippen LogP contribution in [-0.4, -0.2) is 22.4 Å². The topological polar surface area (TPSA) is 59.4 Å². The third-order valence-corrected chi connectivity index (χ3v) is 2.42. The molecule has 0 aliphatic heterocycles. The second-order valence-electron chi connectivity index (χ2n) is 3.52. The van der Waals surface area contributed by atoms with Crippen molar-refractivity contribution < 1.29 is 36.6 Å². The van der Waals surface area contributed by atoms with Gasteiger partial charge >= 0.3 is 12.3 Å². The van der Waals surface area contributed by atoms with Gasteiger partial charge in [-0.2, -0.15) is 0 Å². The van der Waals surface area contributed by atoms with E-state index in [1.54, 1.807) is 0 Å². The minimum Gasteiger partial charge on any atom is -0.481 e. The molecule has 0 unspecified atom stereocenters. The Hall–Kier alpha value is -1.64. The summed E-state index contributed by atoms with van der Waals surface area (Å²) in [7, 11) is 0. The summed E-state index contributed by atoms with van der Waals surface area (Å²) >= 11 is 5.36. The Balaban J connectivity index is 3.42. The Labute approximate surface area is 114 Å². The molecule has 0 aromatic carbocycles. The molecule has 1 N–H and O–H groups in total. The molecule has 10 heteroatoms. The van der Waals surface area contributed by atoms with Crippen LogP contribution in [0.25, 0.3) is 0 Å². The van der Waals surface area contributed by atoms with Crippen LogP contribution < -0.4 is 4.74 Å². The number of carbonyl (C=O) groups is 1. The van der Waals surface area contributed by atoms with E-state index in [0.717, 1.165) is 0 Å². The van der Waals surface area contributed by atoms with Gasteiger partial charge in [0.15, 0.2) is 5.75 Å². The van der Waals surface area contributed by atoms with Gasteiger partial charge in [-0.1, -0.05) is 0 Å². The largest absolute Gasteiger partial charge is 0.573 e. The number of alkyl halides is 6. The first-order chi connectivity index (χ1) is 9.15. The van der Waals surface area contributed by atoms with Crippen LogP contribution in [0.3, 0.4) is 0 Å². The number of carboxylic acids is 1. The predicted octanol–water partition coefficient (Wildman–Crippen LogP) is 3.28. The molecule has 1 aromatic rings. The summed E-state index contributed by atoms with van der Waals surface area (Å²) in [4.78, 5) is 13.8. The van der Waals surface area contributed by atoms with Gasteiger partial charge in [-0.05, 0) is 0 Å². The van der Waals surface area contributed by atoms with Crippen LogP contribution in [0.5, 0.6) is 5.75 Å². The maximum atomic E-state index is 12.7. The summed E-state index contributed by atoms with van der Waals surface area (Å²) in [6, 6.07) is 0. The van der Waals surface area contributed by atoms with Crippen LogP contribution in [0.1, 0.15) is 23.2 Å². The lowest BCUT2D eigenvalue weighted by Gasteiger charge is -2.17. The van der Waals surface area contributed by atoms with E-state index < -0.39 is 53.6 Å². The molecular formula is C10H7ClF5NO3. The lowest BCUT2D eigenvalue weighted by molar-refractivity contribution is -0.275.